The molecule has 2 N–H and O–H groups in total. The van der Waals surface area contributed by atoms with Crippen LogP contribution in [0.25, 0.3) is 0 Å². The summed E-state index contributed by atoms with van der Waals surface area (Å²) in [7, 11) is 0. The summed E-state index contributed by atoms with van der Waals surface area (Å²) < 4.78 is 0. The monoisotopic (exact) mass is 419 g/mol. The van der Waals surface area contributed by atoms with Crippen LogP contribution in [0.2, 0.25) is 0 Å². The molecule has 2 aromatic carbocycles. The largest absolute Gasteiger partial charge is 0.374 e. The predicted molar refractivity (Wildman–Crippen MR) is 125 cm³/mol. The highest BCUT2D eigenvalue weighted by molar-refractivity contribution is 5.97. The third kappa shape index (κ3) is 4.76. The molecule has 2 bridgehead atoms. The van der Waals surface area contributed by atoms with E-state index in [-0.39, 0.29) is 22.6 Å². The number of nitrogens with one attached hydrogen (secondary N) is 2. The van der Waals surface area contributed by atoms with Crippen molar-refractivity contribution in [1.82, 2.24) is 4.90 Å². The maximum Gasteiger partial charge on any atom is 0.254 e. The molecule has 164 valence electrons. The molecule has 1 aliphatic carbocycles. The van der Waals surface area contributed by atoms with Gasteiger partial charge in [-0.25, -0.2) is 0 Å². The first-order valence-electron chi connectivity index (χ1n) is 11.2. The summed E-state index contributed by atoms with van der Waals surface area (Å²) in [5, 5.41) is 6.11. The number of carbonyl (C=O) groups is 2. The van der Waals surface area contributed by atoms with Crippen LogP contribution in [0, 0.1) is 10.8 Å². The lowest BCUT2D eigenvalue weighted by Gasteiger charge is -2.39. The second-order valence-corrected chi connectivity index (χ2v) is 10.4. The summed E-state index contributed by atoms with van der Waals surface area (Å²) in [6, 6.07) is 16.8. The molecule has 1 aliphatic heterocycles. The molecule has 4 rings (SSSR count). The summed E-state index contributed by atoms with van der Waals surface area (Å²) in [5.74, 6) is 0.0133. The van der Waals surface area contributed by atoms with Crippen LogP contribution in [-0.4, -0.2) is 35.3 Å². The Bertz CT molecular complexity index is 954. The number of hydrogen-bond acceptors (Lipinski definition) is 3. The minimum atomic E-state index is -0.401. The molecule has 31 heavy (non-hydrogen) atoms. The Hall–Kier alpha value is -2.82. The molecule has 5 nitrogen and oxygen atoms in total. The minimum absolute atomic E-state index is 0.105. The van der Waals surface area contributed by atoms with Gasteiger partial charge in [0.25, 0.3) is 5.91 Å². The zero-order valence-electron chi connectivity index (χ0n) is 18.9. The van der Waals surface area contributed by atoms with E-state index in [2.05, 4.69) is 36.3 Å². The van der Waals surface area contributed by atoms with Gasteiger partial charge in [0.05, 0.1) is 0 Å². The van der Waals surface area contributed by atoms with Crippen LogP contribution in [0.15, 0.2) is 54.6 Å². The number of rotatable bonds is 5. The van der Waals surface area contributed by atoms with E-state index in [1.807, 2.05) is 61.5 Å². The first-order chi connectivity index (χ1) is 14.6. The van der Waals surface area contributed by atoms with Gasteiger partial charge in [-0.15, -0.1) is 0 Å². The van der Waals surface area contributed by atoms with Crippen molar-refractivity contribution in [1.29, 1.82) is 0 Å². The molecule has 0 spiro atoms. The van der Waals surface area contributed by atoms with Gasteiger partial charge in [0, 0.05) is 29.5 Å². The molecule has 2 fully saturated rings. The fourth-order valence-electron chi connectivity index (χ4n) is 5.66. The zero-order valence-corrected chi connectivity index (χ0v) is 18.9. The highest BCUT2D eigenvalue weighted by Gasteiger charge is 2.50. The predicted octanol–water partition coefficient (Wildman–Crippen LogP) is 5.17. The molecule has 1 heterocycles. The van der Waals surface area contributed by atoms with Gasteiger partial charge in [0.15, 0.2) is 0 Å². The first kappa shape index (κ1) is 21.4. The second-order valence-electron chi connectivity index (χ2n) is 10.4. The fraction of sp³-hybridized carbons (Fsp3) is 0.462. The zero-order chi connectivity index (χ0) is 22.2. The summed E-state index contributed by atoms with van der Waals surface area (Å²) in [4.78, 5) is 27.7. The first-order valence-corrected chi connectivity index (χ1v) is 11.2. The van der Waals surface area contributed by atoms with E-state index in [0.29, 0.717) is 11.6 Å². The molecule has 3 unspecified atom stereocenters. The van der Waals surface area contributed by atoms with Gasteiger partial charge >= 0.3 is 0 Å². The van der Waals surface area contributed by atoms with Crippen LogP contribution in [0.5, 0.6) is 0 Å². The van der Waals surface area contributed by atoms with E-state index in [9.17, 15) is 9.59 Å². The lowest BCUT2D eigenvalue weighted by molar-refractivity contribution is -0.116. The minimum Gasteiger partial charge on any atom is -0.374 e. The highest BCUT2D eigenvalue weighted by atomic mass is 16.2. The fourth-order valence-corrected chi connectivity index (χ4v) is 5.66. The maximum atomic E-state index is 13.2. The number of hydrogen-bond donors (Lipinski definition) is 2. The Labute approximate surface area is 185 Å². The van der Waals surface area contributed by atoms with Gasteiger partial charge in [-0.05, 0) is 73.4 Å². The van der Waals surface area contributed by atoms with E-state index in [1.54, 1.807) is 0 Å². The Morgan fingerprint density at radius 2 is 1.65 bits per heavy atom. The summed E-state index contributed by atoms with van der Waals surface area (Å²) >= 11 is 0. The number of carbonyl (C=O) groups excluding carboxylic acids is 2. The number of likely N-dealkylation sites (tertiary alicyclic amines) is 1. The van der Waals surface area contributed by atoms with Crippen LogP contribution >= 0.6 is 0 Å². The lowest BCUT2D eigenvalue weighted by atomic mass is 9.65. The van der Waals surface area contributed by atoms with Crippen LogP contribution in [0.4, 0.5) is 11.4 Å². The lowest BCUT2D eigenvalue weighted by Crippen LogP contribution is -2.37. The van der Waals surface area contributed by atoms with E-state index < -0.39 is 6.04 Å². The van der Waals surface area contributed by atoms with Crippen molar-refractivity contribution in [2.75, 3.05) is 17.2 Å². The normalized spacial score (nSPS) is 25.0. The molecule has 1 saturated carbocycles. The topological polar surface area (TPSA) is 61.4 Å². The molecule has 2 amide bonds. The Morgan fingerprint density at radius 1 is 0.968 bits per heavy atom. The number of nitrogens with zero attached hydrogens (tertiary/aromatic N) is 1. The summed E-state index contributed by atoms with van der Waals surface area (Å²) in [5.41, 5.74) is 2.82. The molecule has 0 radical (unpaired) electrons. The molecule has 1 saturated heterocycles. The molecule has 2 aromatic rings. The van der Waals surface area contributed by atoms with Crippen molar-refractivity contribution in [3.05, 3.63) is 60.2 Å². The third-order valence-electron chi connectivity index (χ3n) is 6.63. The summed E-state index contributed by atoms with van der Waals surface area (Å²) in [6.45, 7) is 9.63. The second kappa shape index (κ2) is 8.03. The molecule has 0 aromatic heterocycles. The average Bonchev–Trinajstić information content (AvgIpc) is 2.97. The van der Waals surface area contributed by atoms with Crippen molar-refractivity contribution in [2.45, 2.75) is 59.0 Å². The number of para-hydroxylation sites is 1. The van der Waals surface area contributed by atoms with Crippen LogP contribution in [0.1, 0.15) is 57.3 Å². The summed E-state index contributed by atoms with van der Waals surface area (Å²) in [6.07, 6.45) is 3.35. The van der Waals surface area contributed by atoms with Crippen molar-refractivity contribution >= 4 is 23.2 Å². The molecule has 5 heteroatoms. The van der Waals surface area contributed by atoms with Gasteiger partial charge in [0.2, 0.25) is 5.91 Å². The van der Waals surface area contributed by atoms with Crippen LogP contribution in [-0.2, 0) is 4.79 Å². The van der Waals surface area contributed by atoms with Gasteiger partial charge in [-0.3, -0.25) is 9.59 Å². The van der Waals surface area contributed by atoms with Gasteiger partial charge in [-0.2, -0.15) is 0 Å². The average molecular weight is 420 g/mol. The Morgan fingerprint density at radius 3 is 2.32 bits per heavy atom. The van der Waals surface area contributed by atoms with Crippen molar-refractivity contribution in [3.8, 4) is 0 Å². The van der Waals surface area contributed by atoms with E-state index in [0.717, 1.165) is 30.8 Å². The number of anilines is 2. The van der Waals surface area contributed by atoms with Crippen molar-refractivity contribution < 1.29 is 9.59 Å². The van der Waals surface area contributed by atoms with Crippen molar-refractivity contribution in [2.24, 2.45) is 10.8 Å². The number of benzene rings is 2. The highest BCUT2D eigenvalue weighted by Crippen LogP contribution is 2.52. The van der Waals surface area contributed by atoms with Crippen LogP contribution < -0.4 is 10.6 Å². The molecule has 3 atom stereocenters. The molecular formula is C26H33N3O2. The van der Waals surface area contributed by atoms with Gasteiger partial charge in [-0.1, -0.05) is 39.0 Å². The quantitative estimate of drug-likeness (QED) is 0.703. The van der Waals surface area contributed by atoms with Crippen LogP contribution in [0.3, 0.4) is 0 Å². The molecule has 2 aliphatic rings. The third-order valence-corrected chi connectivity index (χ3v) is 6.63. The number of fused-ring (bicyclic) bond motifs is 2. The van der Waals surface area contributed by atoms with Gasteiger partial charge < -0.3 is 15.5 Å². The van der Waals surface area contributed by atoms with E-state index >= 15 is 0 Å². The smallest absolute Gasteiger partial charge is 0.254 e. The van der Waals surface area contributed by atoms with E-state index in [1.165, 1.54) is 6.42 Å². The maximum absolute atomic E-state index is 13.2. The SMILES string of the molecule is CC(Nc1ccc(C(=O)N2CC3(C)CC2CC(C)(C)C3)cc1)C(=O)Nc1ccccc1. The van der Waals surface area contributed by atoms with Gasteiger partial charge in [0.1, 0.15) is 6.04 Å². The Kier molecular flexibility index (Phi) is 5.54. The number of amides is 2. The molecular weight excluding hydrogens is 386 g/mol. The Balaban J connectivity index is 1.38. The van der Waals surface area contributed by atoms with E-state index in [4.69, 9.17) is 0 Å². The standard InChI is InChI=1S/C26H33N3O2/c1-18(23(30)28-20-8-6-5-7-9-20)27-21-12-10-19(11-13-21)24(31)29-17-26(4)15-22(29)14-25(2,3)16-26/h5-13,18,22,27H,14-17H2,1-4H3,(H,28,30). The van der Waals surface area contributed by atoms with Crippen molar-refractivity contribution in [3.63, 3.8) is 0 Å².